The number of aromatic nitrogens is 3. The standard InChI is InChI=1S/C14H11FN4O/c1-9-5-6-19-12(7-9)16-14(18-19)17-13(20)10-3-2-4-11(15)8-10/h2-8H,1H3,(H,17,18,20). The van der Waals surface area contributed by atoms with Gasteiger partial charge in [0.05, 0.1) is 0 Å². The zero-order valence-electron chi connectivity index (χ0n) is 10.7. The first kappa shape index (κ1) is 12.3. The molecule has 2 heterocycles. The van der Waals surface area contributed by atoms with Gasteiger partial charge in [-0.1, -0.05) is 6.07 Å². The van der Waals surface area contributed by atoms with Gasteiger partial charge in [0.25, 0.3) is 5.91 Å². The third-order valence-corrected chi connectivity index (χ3v) is 2.81. The number of aryl methyl sites for hydroxylation is 1. The smallest absolute Gasteiger partial charge is 0.258 e. The van der Waals surface area contributed by atoms with Crippen LogP contribution in [-0.4, -0.2) is 20.5 Å². The number of amides is 1. The zero-order chi connectivity index (χ0) is 14.1. The van der Waals surface area contributed by atoms with Crippen molar-refractivity contribution in [2.75, 3.05) is 5.32 Å². The quantitative estimate of drug-likeness (QED) is 0.778. The Bertz CT molecular complexity index is 797. The van der Waals surface area contributed by atoms with Gasteiger partial charge in [0.15, 0.2) is 5.65 Å². The van der Waals surface area contributed by atoms with Crippen LogP contribution in [0, 0.1) is 12.7 Å². The molecule has 20 heavy (non-hydrogen) atoms. The number of rotatable bonds is 2. The van der Waals surface area contributed by atoms with Crippen LogP contribution < -0.4 is 5.32 Å². The summed E-state index contributed by atoms with van der Waals surface area (Å²) in [6.45, 7) is 1.94. The minimum absolute atomic E-state index is 0.185. The zero-order valence-corrected chi connectivity index (χ0v) is 10.7. The Morgan fingerprint density at radius 3 is 2.95 bits per heavy atom. The molecule has 0 spiro atoms. The van der Waals surface area contributed by atoms with Crippen molar-refractivity contribution in [3.63, 3.8) is 0 Å². The fourth-order valence-electron chi connectivity index (χ4n) is 1.84. The number of hydrogen-bond acceptors (Lipinski definition) is 3. The van der Waals surface area contributed by atoms with Gasteiger partial charge in [-0.05, 0) is 42.8 Å². The lowest BCUT2D eigenvalue weighted by molar-refractivity contribution is 0.102. The van der Waals surface area contributed by atoms with Crippen LogP contribution in [0.5, 0.6) is 0 Å². The Morgan fingerprint density at radius 2 is 2.15 bits per heavy atom. The maximum Gasteiger partial charge on any atom is 0.258 e. The molecule has 1 aromatic carbocycles. The van der Waals surface area contributed by atoms with E-state index in [-0.39, 0.29) is 11.5 Å². The van der Waals surface area contributed by atoms with E-state index >= 15 is 0 Å². The van der Waals surface area contributed by atoms with Crippen LogP contribution in [-0.2, 0) is 0 Å². The van der Waals surface area contributed by atoms with Crippen molar-refractivity contribution in [3.8, 4) is 0 Å². The van der Waals surface area contributed by atoms with Gasteiger partial charge in [-0.15, -0.1) is 5.10 Å². The van der Waals surface area contributed by atoms with E-state index in [1.807, 2.05) is 19.1 Å². The molecule has 0 aliphatic heterocycles. The molecule has 0 aliphatic rings. The van der Waals surface area contributed by atoms with Gasteiger partial charge in [0, 0.05) is 11.8 Å². The highest BCUT2D eigenvalue weighted by molar-refractivity contribution is 6.03. The van der Waals surface area contributed by atoms with Gasteiger partial charge in [0.1, 0.15) is 5.82 Å². The number of nitrogens with one attached hydrogen (secondary N) is 1. The number of benzene rings is 1. The normalized spacial score (nSPS) is 10.7. The van der Waals surface area contributed by atoms with E-state index in [1.54, 1.807) is 10.7 Å². The first-order chi connectivity index (χ1) is 9.61. The molecule has 3 aromatic rings. The number of carbonyl (C=O) groups is 1. The topological polar surface area (TPSA) is 59.3 Å². The first-order valence-electron chi connectivity index (χ1n) is 6.02. The van der Waals surface area contributed by atoms with Gasteiger partial charge in [-0.25, -0.2) is 8.91 Å². The lowest BCUT2D eigenvalue weighted by Gasteiger charge is -2.00. The molecule has 0 bridgehead atoms. The second-order valence-electron chi connectivity index (χ2n) is 4.41. The monoisotopic (exact) mass is 270 g/mol. The van der Waals surface area contributed by atoms with E-state index in [1.165, 1.54) is 18.2 Å². The summed E-state index contributed by atoms with van der Waals surface area (Å²) in [5.41, 5.74) is 1.91. The van der Waals surface area contributed by atoms with Crippen LogP contribution in [0.3, 0.4) is 0 Å². The molecule has 0 atom stereocenters. The average molecular weight is 270 g/mol. The predicted molar refractivity (Wildman–Crippen MR) is 72.1 cm³/mol. The number of carbonyl (C=O) groups excluding carboxylic acids is 1. The molecule has 3 rings (SSSR count). The summed E-state index contributed by atoms with van der Waals surface area (Å²) in [6, 6.07) is 9.19. The molecule has 0 unspecified atom stereocenters. The Balaban J connectivity index is 1.87. The number of anilines is 1. The summed E-state index contributed by atoms with van der Waals surface area (Å²) >= 11 is 0. The lowest BCUT2D eigenvalue weighted by atomic mass is 10.2. The minimum atomic E-state index is -0.462. The summed E-state index contributed by atoms with van der Waals surface area (Å²) in [7, 11) is 0. The van der Waals surface area contributed by atoms with Crippen molar-refractivity contribution >= 4 is 17.5 Å². The van der Waals surface area contributed by atoms with Crippen molar-refractivity contribution in [3.05, 3.63) is 59.5 Å². The molecule has 2 aromatic heterocycles. The highest BCUT2D eigenvalue weighted by Gasteiger charge is 2.10. The molecule has 5 nitrogen and oxygen atoms in total. The predicted octanol–water partition coefficient (Wildman–Crippen LogP) is 2.43. The van der Waals surface area contributed by atoms with E-state index in [2.05, 4.69) is 15.4 Å². The molecule has 0 saturated carbocycles. The number of hydrogen-bond donors (Lipinski definition) is 1. The van der Waals surface area contributed by atoms with Crippen molar-refractivity contribution < 1.29 is 9.18 Å². The van der Waals surface area contributed by atoms with E-state index < -0.39 is 11.7 Å². The molecule has 100 valence electrons. The number of fused-ring (bicyclic) bond motifs is 1. The maximum atomic E-state index is 13.1. The van der Waals surface area contributed by atoms with E-state index in [0.29, 0.717) is 5.65 Å². The summed E-state index contributed by atoms with van der Waals surface area (Å²) < 4.78 is 14.6. The minimum Gasteiger partial charge on any atom is -0.289 e. The summed E-state index contributed by atoms with van der Waals surface area (Å²) in [5.74, 6) is -0.724. The SMILES string of the molecule is Cc1ccn2nc(NC(=O)c3cccc(F)c3)nc2c1. The first-order valence-corrected chi connectivity index (χ1v) is 6.02. The molecule has 1 amide bonds. The fourth-order valence-corrected chi connectivity index (χ4v) is 1.84. The Labute approximate surface area is 114 Å². The summed E-state index contributed by atoms with van der Waals surface area (Å²) in [4.78, 5) is 16.1. The molecular weight excluding hydrogens is 259 g/mol. The van der Waals surface area contributed by atoms with Crippen molar-refractivity contribution in [2.45, 2.75) is 6.92 Å². The molecule has 0 fully saturated rings. The Kier molecular flexibility index (Phi) is 2.90. The summed E-state index contributed by atoms with van der Waals surface area (Å²) in [6.07, 6.45) is 1.76. The third-order valence-electron chi connectivity index (χ3n) is 2.81. The maximum absolute atomic E-state index is 13.1. The average Bonchev–Trinajstić information content (AvgIpc) is 2.80. The lowest BCUT2D eigenvalue weighted by Crippen LogP contribution is -2.13. The second kappa shape index (κ2) is 4.73. The van der Waals surface area contributed by atoms with Crippen LogP contribution in [0.4, 0.5) is 10.3 Å². The molecule has 1 N–H and O–H groups in total. The Hall–Kier alpha value is -2.76. The van der Waals surface area contributed by atoms with E-state index in [0.717, 1.165) is 11.6 Å². The van der Waals surface area contributed by atoms with Crippen molar-refractivity contribution in [2.24, 2.45) is 0 Å². The number of pyridine rings is 1. The van der Waals surface area contributed by atoms with Crippen LogP contribution in [0.2, 0.25) is 0 Å². The van der Waals surface area contributed by atoms with Crippen molar-refractivity contribution in [1.29, 1.82) is 0 Å². The largest absolute Gasteiger partial charge is 0.289 e. The summed E-state index contributed by atoms with van der Waals surface area (Å²) in [5, 5.41) is 6.67. The molecule has 0 aliphatic carbocycles. The highest BCUT2D eigenvalue weighted by atomic mass is 19.1. The number of nitrogens with zero attached hydrogens (tertiary/aromatic N) is 3. The molecule has 0 radical (unpaired) electrons. The Morgan fingerprint density at radius 1 is 1.30 bits per heavy atom. The van der Waals surface area contributed by atoms with Crippen LogP contribution >= 0.6 is 0 Å². The molecule has 6 heteroatoms. The third kappa shape index (κ3) is 2.35. The van der Waals surface area contributed by atoms with Gasteiger partial charge in [-0.2, -0.15) is 4.98 Å². The van der Waals surface area contributed by atoms with E-state index in [4.69, 9.17) is 0 Å². The van der Waals surface area contributed by atoms with Crippen LogP contribution in [0.25, 0.3) is 5.65 Å². The van der Waals surface area contributed by atoms with Crippen molar-refractivity contribution in [1.82, 2.24) is 14.6 Å². The van der Waals surface area contributed by atoms with Crippen LogP contribution in [0.15, 0.2) is 42.6 Å². The fraction of sp³-hybridized carbons (Fsp3) is 0.0714. The van der Waals surface area contributed by atoms with Gasteiger partial charge in [0.2, 0.25) is 5.95 Å². The van der Waals surface area contributed by atoms with E-state index in [9.17, 15) is 9.18 Å². The van der Waals surface area contributed by atoms with Gasteiger partial charge in [-0.3, -0.25) is 10.1 Å². The molecular formula is C14H11FN4O. The highest BCUT2D eigenvalue weighted by Crippen LogP contribution is 2.10. The molecule has 0 saturated heterocycles. The van der Waals surface area contributed by atoms with Gasteiger partial charge < -0.3 is 0 Å². The van der Waals surface area contributed by atoms with Gasteiger partial charge >= 0.3 is 0 Å². The van der Waals surface area contributed by atoms with Crippen LogP contribution in [0.1, 0.15) is 15.9 Å². The number of halogens is 1. The second-order valence-corrected chi connectivity index (χ2v) is 4.41.